The largest absolute Gasteiger partial charge is 0.508 e. The molecule has 0 saturated carbocycles. The Hall–Kier alpha value is -1.97. The van der Waals surface area contributed by atoms with Crippen molar-refractivity contribution in [1.29, 1.82) is 0 Å². The Bertz CT molecular complexity index is 751. The van der Waals surface area contributed by atoms with Crippen LogP contribution in [0, 0.1) is 0 Å². The Kier molecular flexibility index (Phi) is 3.16. The van der Waals surface area contributed by atoms with E-state index in [-0.39, 0.29) is 28.6 Å². The number of carbonyl (C=O) groups is 1. The number of ketones is 1. The number of hydrogen-bond acceptors (Lipinski definition) is 3. The SMILES string of the molecule is O=C1C(=Cc2cccc(O)c2)Oc2c(Cl)ccc(Cl)c21. The van der Waals surface area contributed by atoms with Crippen molar-refractivity contribution in [2.45, 2.75) is 0 Å². The summed E-state index contributed by atoms with van der Waals surface area (Å²) in [5.74, 6) is 0.186. The molecule has 2 aromatic rings. The summed E-state index contributed by atoms with van der Waals surface area (Å²) >= 11 is 12.0. The van der Waals surface area contributed by atoms with Crippen LogP contribution in [0.2, 0.25) is 10.0 Å². The van der Waals surface area contributed by atoms with E-state index in [9.17, 15) is 9.90 Å². The molecule has 100 valence electrons. The third-order valence-corrected chi connectivity index (χ3v) is 3.50. The predicted octanol–water partition coefficient (Wildman–Crippen LogP) is 4.32. The van der Waals surface area contributed by atoms with Gasteiger partial charge in [0.05, 0.1) is 15.6 Å². The van der Waals surface area contributed by atoms with Crippen LogP contribution in [0.5, 0.6) is 11.5 Å². The second-order valence-electron chi connectivity index (χ2n) is 4.27. The number of ether oxygens (including phenoxy) is 1. The van der Waals surface area contributed by atoms with E-state index in [2.05, 4.69) is 0 Å². The lowest BCUT2D eigenvalue weighted by Gasteiger charge is -2.01. The number of aromatic hydroxyl groups is 1. The number of benzene rings is 2. The van der Waals surface area contributed by atoms with Crippen LogP contribution in [0.3, 0.4) is 0 Å². The minimum atomic E-state index is -0.323. The van der Waals surface area contributed by atoms with Gasteiger partial charge in [0.25, 0.3) is 0 Å². The van der Waals surface area contributed by atoms with Crippen molar-refractivity contribution >= 4 is 35.1 Å². The molecule has 1 aliphatic rings. The van der Waals surface area contributed by atoms with E-state index in [4.69, 9.17) is 27.9 Å². The first-order valence-corrected chi connectivity index (χ1v) is 6.53. The molecule has 2 aromatic carbocycles. The average Bonchev–Trinajstić information content (AvgIpc) is 2.73. The number of halogens is 2. The highest BCUT2D eigenvalue weighted by atomic mass is 35.5. The van der Waals surface area contributed by atoms with Crippen molar-refractivity contribution in [3.05, 3.63) is 63.3 Å². The molecule has 0 atom stereocenters. The number of phenolic OH excluding ortho intramolecular Hbond substituents is 1. The summed E-state index contributed by atoms with van der Waals surface area (Å²) in [6.07, 6.45) is 1.54. The van der Waals surface area contributed by atoms with Crippen molar-refractivity contribution in [3.63, 3.8) is 0 Å². The summed E-state index contributed by atoms with van der Waals surface area (Å²) in [5, 5.41) is 10.0. The monoisotopic (exact) mass is 306 g/mol. The Morgan fingerprint density at radius 2 is 1.85 bits per heavy atom. The van der Waals surface area contributed by atoms with Crippen molar-refractivity contribution in [2.24, 2.45) is 0 Å². The minimum absolute atomic E-state index is 0.110. The summed E-state index contributed by atoms with van der Waals surface area (Å²) in [6.45, 7) is 0. The van der Waals surface area contributed by atoms with E-state index in [1.54, 1.807) is 30.3 Å². The quantitative estimate of drug-likeness (QED) is 0.798. The van der Waals surface area contributed by atoms with Crippen LogP contribution in [-0.2, 0) is 0 Å². The molecule has 3 rings (SSSR count). The van der Waals surface area contributed by atoms with Gasteiger partial charge in [0, 0.05) is 0 Å². The second-order valence-corrected chi connectivity index (χ2v) is 5.08. The number of Topliss-reactive ketones (excluding diaryl/α,β-unsaturated/α-hetero) is 1. The van der Waals surface area contributed by atoms with Crippen LogP contribution in [0.4, 0.5) is 0 Å². The van der Waals surface area contributed by atoms with E-state index in [1.165, 1.54) is 12.1 Å². The summed E-state index contributed by atoms with van der Waals surface area (Å²) in [4.78, 5) is 12.3. The molecule has 0 saturated heterocycles. The van der Waals surface area contributed by atoms with Crippen LogP contribution in [0.25, 0.3) is 6.08 Å². The van der Waals surface area contributed by atoms with Gasteiger partial charge >= 0.3 is 0 Å². The van der Waals surface area contributed by atoms with Gasteiger partial charge in [0.15, 0.2) is 11.5 Å². The normalized spacial score (nSPS) is 15.3. The smallest absolute Gasteiger partial charge is 0.233 e. The molecular weight excluding hydrogens is 299 g/mol. The highest BCUT2D eigenvalue weighted by Gasteiger charge is 2.31. The van der Waals surface area contributed by atoms with E-state index in [1.807, 2.05) is 0 Å². The fourth-order valence-electron chi connectivity index (χ4n) is 1.99. The highest BCUT2D eigenvalue weighted by Crippen LogP contribution is 2.41. The Balaban J connectivity index is 2.06. The molecule has 0 amide bonds. The van der Waals surface area contributed by atoms with E-state index < -0.39 is 0 Å². The molecule has 0 aliphatic carbocycles. The summed E-state index contributed by atoms with van der Waals surface area (Å²) in [5.41, 5.74) is 0.916. The average molecular weight is 307 g/mol. The molecule has 3 nitrogen and oxygen atoms in total. The van der Waals surface area contributed by atoms with Gasteiger partial charge in [-0.15, -0.1) is 0 Å². The maximum Gasteiger partial charge on any atom is 0.233 e. The first kappa shape index (κ1) is 13.0. The fraction of sp³-hybridized carbons (Fsp3) is 0. The fourth-order valence-corrected chi connectivity index (χ4v) is 2.42. The Morgan fingerprint density at radius 3 is 2.55 bits per heavy atom. The third kappa shape index (κ3) is 2.15. The van der Waals surface area contributed by atoms with Crippen LogP contribution in [-0.4, -0.2) is 10.9 Å². The topological polar surface area (TPSA) is 46.5 Å². The molecule has 0 fully saturated rings. The number of carbonyl (C=O) groups excluding carboxylic acids is 1. The number of allylic oxidation sites excluding steroid dienone is 1. The van der Waals surface area contributed by atoms with E-state index in [0.29, 0.717) is 15.6 Å². The Labute approximate surface area is 125 Å². The van der Waals surface area contributed by atoms with Gasteiger partial charge in [-0.3, -0.25) is 4.79 Å². The van der Waals surface area contributed by atoms with Gasteiger partial charge in [-0.05, 0) is 35.9 Å². The number of phenols is 1. The third-order valence-electron chi connectivity index (χ3n) is 2.89. The van der Waals surface area contributed by atoms with E-state index in [0.717, 1.165) is 0 Å². The minimum Gasteiger partial charge on any atom is -0.508 e. The predicted molar refractivity (Wildman–Crippen MR) is 77.5 cm³/mol. The zero-order valence-corrected chi connectivity index (χ0v) is 11.6. The Morgan fingerprint density at radius 1 is 1.10 bits per heavy atom. The number of rotatable bonds is 1. The lowest BCUT2D eigenvalue weighted by Crippen LogP contribution is -1.98. The van der Waals surface area contributed by atoms with Crippen LogP contribution < -0.4 is 4.74 Å². The molecule has 20 heavy (non-hydrogen) atoms. The summed E-state index contributed by atoms with van der Waals surface area (Å²) in [7, 11) is 0. The molecule has 0 spiro atoms. The summed E-state index contributed by atoms with van der Waals surface area (Å²) < 4.78 is 5.49. The number of hydrogen-bond donors (Lipinski definition) is 1. The van der Waals surface area contributed by atoms with Crippen molar-refractivity contribution in [1.82, 2.24) is 0 Å². The zero-order chi connectivity index (χ0) is 14.3. The van der Waals surface area contributed by atoms with Crippen molar-refractivity contribution in [2.75, 3.05) is 0 Å². The van der Waals surface area contributed by atoms with Gasteiger partial charge in [0.2, 0.25) is 5.78 Å². The molecule has 1 aliphatic heterocycles. The maximum absolute atomic E-state index is 12.3. The first-order valence-electron chi connectivity index (χ1n) is 5.77. The molecule has 5 heteroatoms. The number of fused-ring (bicyclic) bond motifs is 1. The van der Waals surface area contributed by atoms with Gasteiger partial charge in [-0.25, -0.2) is 0 Å². The maximum atomic E-state index is 12.3. The molecule has 0 bridgehead atoms. The zero-order valence-electron chi connectivity index (χ0n) is 10.1. The van der Waals surface area contributed by atoms with Gasteiger partial charge < -0.3 is 9.84 Å². The van der Waals surface area contributed by atoms with Crippen LogP contribution in [0.15, 0.2) is 42.2 Å². The molecule has 1 N–H and O–H groups in total. The van der Waals surface area contributed by atoms with Gasteiger partial charge in [0.1, 0.15) is 5.75 Å². The molecule has 0 radical (unpaired) electrons. The molecule has 0 aromatic heterocycles. The van der Waals surface area contributed by atoms with Crippen molar-refractivity contribution < 1.29 is 14.6 Å². The van der Waals surface area contributed by atoms with E-state index >= 15 is 0 Å². The summed E-state index contributed by atoms with van der Waals surface area (Å²) in [6, 6.07) is 9.62. The standard InChI is InChI=1S/C15H8Cl2O3/c16-10-4-5-11(17)15-13(10)14(19)12(20-15)7-8-2-1-3-9(18)6-8/h1-7,18H. The van der Waals surface area contributed by atoms with Crippen molar-refractivity contribution in [3.8, 4) is 11.5 Å². The lowest BCUT2D eigenvalue weighted by atomic mass is 10.1. The van der Waals surface area contributed by atoms with Crippen LogP contribution in [0.1, 0.15) is 15.9 Å². The van der Waals surface area contributed by atoms with Gasteiger partial charge in [-0.2, -0.15) is 0 Å². The highest BCUT2D eigenvalue weighted by molar-refractivity contribution is 6.39. The molecule has 0 unspecified atom stereocenters. The molecular formula is C15H8Cl2O3. The first-order chi connectivity index (χ1) is 9.56. The second kappa shape index (κ2) is 4.85. The van der Waals surface area contributed by atoms with Gasteiger partial charge in [-0.1, -0.05) is 35.3 Å². The van der Waals surface area contributed by atoms with Crippen LogP contribution >= 0.6 is 23.2 Å². The molecule has 1 heterocycles. The lowest BCUT2D eigenvalue weighted by molar-refractivity contribution is 0.101.